The molecule has 0 bridgehead atoms. The lowest BCUT2D eigenvalue weighted by Gasteiger charge is -2.37. The number of piperidine rings is 1. The van der Waals surface area contributed by atoms with Gasteiger partial charge in [0.15, 0.2) is 0 Å². The summed E-state index contributed by atoms with van der Waals surface area (Å²) in [5.74, 6) is -1.21. The Hall–Kier alpha value is -1.79. The average Bonchev–Trinajstić information content (AvgIpc) is 2.37. The summed E-state index contributed by atoms with van der Waals surface area (Å²) in [4.78, 5) is 35.2. The molecule has 1 aliphatic heterocycles. The minimum atomic E-state index is -0.864. The van der Waals surface area contributed by atoms with Gasteiger partial charge in [-0.05, 0) is 32.6 Å². The highest BCUT2D eigenvalue weighted by molar-refractivity contribution is 5.78. The summed E-state index contributed by atoms with van der Waals surface area (Å²) in [6, 6.07) is -0.240. The van der Waals surface area contributed by atoms with Crippen LogP contribution in [0, 0.1) is 5.41 Å². The first-order valence-electron chi connectivity index (χ1n) is 6.89. The highest BCUT2D eigenvalue weighted by atomic mass is 16.4. The second kappa shape index (κ2) is 7.12. The van der Waals surface area contributed by atoms with Crippen LogP contribution in [-0.2, 0) is 9.59 Å². The number of nitrogens with two attached hydrogens (primary N) is 1. The number of carbonyl (C=O) groups is 3. The molecule has 114 valence electrons. The van der Waals surface area contributed by atoms with Gasteiger partial charge in [0.1, 0.15) is 0 Å². The molecule has 4 N–H and O–H groups in total. The molecule has 1 atom stereocenters. The average molecular weight is 285 g/mol. The minimum Gasteiger partial charge on any atom is -0.481 e. The molecule has 0 radical (unpaired) electrons. The van der Waals surface area contributed by atoms with Crippen LogP contribution in [0.15, 0.2) is 0 Å². The van der Waals surface area contributed by atoms with Crippen molar-refractivity contribution in [1.82, 2.24) is 10.2 Å². The normalized spacial score (nSPS) is 22.4. The van der Waals surface area contributed by atoms with E-state index in [9.17, 15) is 19.5 Å². The van der Waals surface area contributed by atoms with Crippen LogP contribution in [0.1, 0.15) is 39.0 Å². The monoisotopic (exact) mass is 285 g/mol. The van der Waals surface area contributed by atoms with E-state index in [0.29, 0.717) is 45.2 Å². The van der Waals surface area contributed by atoms with Crippen molar-refractivity contribution in [2.75, 3.05) is 19.6 Å². The quantitative estimate of drug-likeness (QED) is 0.618. The fourth-order valence-electron chi connectivity index (χ4n) is 2.32. The first kappa shape index (κ1) is 16.3. The molecule has 1 rings (SSSR count). The fourth-order valence-corrected chi connectivity index (χ4v) is 2.32. The molecular weight excluding hydrogens is 262 g/mol. The molecule has 1 unspecified atom stereocenters. The van der Waals surface area contributed by atoms with E-state index in [2.05, 4.69) is 5.32 Å². The third-order valence-electron chi connectivity index (χ3n) is 3.63. The topological polar surface area (TPSA) is 113 Å². The molecule has 0 aromatic heterocycles. The summed E-state index contributed by atoms with van der Waals surface area (Å²) in [6.45, 7) is 2.94. The summed E-state index contributed by atoms with van der Waals surface area (Å²) in [5, 5.41) is 11.9. The molecule has 1 aliphatic rings. The van der Waals surface area contributed by atoms with Gasteiger partial charge in [-0.15, -0.1) is 0 Å². The van der Waals surface area contributed by atoms with Gasteiger partial charge in [0.2, 0.25) is 5.91 Å². The highest BCUT2D eigenvalue weighted by Gasteiger charge is 2.39. The molecule has 3 amide bonds. The van der Waals surface area contributed by atoms with Crippen molar-refractivity contribution >= 4 is 17.9 Å². The zero-order chi connectivity index (χ0) is 15.2. The van der Waals surface area contributed by atoms with E-state index in [4.69, 9.17) is 5.73 Å². The number of carboxylic acids is 1. The summed E-state index contributed by atoms with van der Waals surface area (Å²) in [6.07, 6.45) is 2.92. The molecule has 0 aromatic carbocycles. The maximum absolute atomic E-state index is 11.9. The van der Waals surface area contributed by atoms with Crippen molar-refractivity contribution in [1.29, 1.82) is 0 Å². The van der Waals surface area contributed by atoms with E-state index < -0.39 is 11.4 Å². The summed E-state index contributed by atoms with van der Waals surface area (Å²) >= 11 is 0. The third kappa shape index (κ3) is 4.71. The molecule has 1 heterocycles. The van der Waals surface area contributed by atoms with Gasteiger partial charge < -0.3 is 21.1 Å². The van der Waals surface area contributed by atoms with Crippen LogP contribution in [0.2, 0.25) is 0 Å². The van der Waals surface area contributed by atoms with E-state index in [-0.39, 0.29) is 18.5 Å². The Morgan fingerprint density at radius 3 is 2.65 bits per heavy atom. The Morgan fingerprint density at radius 1 is 1.35 bits per heavy atom. The Labute approximate surface area is 118 Å². The predicted octanol–water partition coefficient (Wildman–Crippen LogP) is 0.538. The number of aliphatic carboxylic acids is 1. The van der Waals surface area contributed by atoms with Crippen molar-refractivity contribution < 1.29 is 19.5 Å². The second-order valence-corrected chi connectivity index (χ2v) is 5.55. The molecule has 20 heavy (non-hydrogen) atoms. The van der Waals surface area contributed by atoms with Crippen molar-refractivity contribution in [3.8, 4) is 0 Å². The van der Waals surface area contributed by atoms with E-state index in [0.717, 1.165) is 0 Å². The number of carbonyl (C=O) groups excluding carboxylic acids is 2. The van der Waals surface area contributed by atoms with Gasteiger partial charge in [-0.1, -0.05) is 0 Å². The minimum absolute atomic E-state index is 0.232. The molecule has 1 saturated heterocycles. The van der Waals surface area contributed by atoms with Crippen molar-refractivity contribution in [3.63, 3.8) is 0 Å². The Bertz CT molecular complexity index is 386. The van der Waals surface area contributed by atoms with Crippen LogP contribution >= 0.6 is 0 Å². The fraction of sp³-hybridized carbons (Fsp3) is 0.769. The van der Waals surface area contributed by atoms with E-state index >= 15 is 0 Å². The number of urea groups is 1. The van der Waals surface area contributed by atoms with Crippen LogP contribution in [0.3, 0.4) is 0 Å². The zero-order valence-electron chi connectivity index (χ0n) is 11.9. The molecule has 0 aromatic rings. The van der Waals surface area contributed by atoms with Crippen LogP contribution in [0.25, 0.3) is 0 Å². The molecular formula is C13H23N3O4. The van der Waals surface area contributed by atoms with Gasteiger partial charge in [0, 0.05) is 26.1 Å². The van der Waals surface area contributed by atoms with Crippen LogP contribution in [0.5, 0.6) is 0 Å². The van der Waals surface area contributed by atoms with Gasteiger partial charge in [0.05, 0.1) is 5.41 Å². The van der Waals surface area contributed by atoms with Crippen molar-refractivity contribution in [2.45, 2.75) is 39.0 Å². The first-order chi connectivity index (χ1) is 9.35. The van der Waals surface area contributed by atoms with E-state index in [1.807, 2.05) is 0 Å². The molecule has 1 fully saturated rings. The Kier molecular flexibility index (Phi) is 5.79. The molecule has 0 aliphatic carbocycles. The lowest BCUT2D eigenvalue weighted by molar-refractivity contribution is -0.150. The predicted molar refractivity (Wildman–Crippen MR) is 73.0 cm³/mol. The van der Waals surface area contributed by atoms with Gasteiger partial charge in [-0.3, -0.25) is 9.59 Å². The van der Waals surface area contributed by atoms with Crippen LogP contribution in [0.4, 0.5) is 4.79 Å². The summed E-state index contributed by atoms with van der Waals surface area (Å²) in [5.41, 5.74) is 4.16. The van der Waals surface area contributed by atoms with Crippen LogP contribution in [-0.4, -0.2) is 47.5 Å². The number of likely N-dealkylation sites (tertiary alicyclic amines) is 1. The largest absolute Gasteiger partial charge is 0.481 e. The third-order valence-corrected chi connectivity index (χ3v) is 3.63. The SMILES string of the molecule is CC1(C(=O)O)CCCN(C(=O)NCCCCC(N)=O)C1. The second-order valence-electron chi connectivity index (χ2n) is 5.55. The standard InChI is InChI=1S/C13H23N3O4/c1-13(11(18)19)6-4-8-16(9-13)12(20)15-7-3-2-5-10(14)17/h2-9H2,1H3,(H2,14,17)(H,15,20)(H,18,19). The van der Waals surface area contributed by atoms with Gasteiger partial charge in [-0.25, -0.2) is 4.79 Å². The highest BCUT2D eigenvalue weighted by Crippen LogP contribution is 2.29. The van der Waals surface area contributed by atoms with Crippen molar-refractivity contribution in [3.05, 3.63) is 0 Å². The van der Waals surface area contributed by atoms with Gasteiger partial charge in [0.25, 0.3) is 0 Å². The number of hydrogen-bond donors (Lipinski definition) is 3. The van der Waals surface area contributed by atoms with Gasteiger partial charge >= 0.3 is 12.0 Å². The first-order valence-corrected chi connectivity index (χ1v) is 6.89. The number of carboxylic acid groups (broad SMARTS) is 1. The summed E-state index contributed by atoms with van der Waals surface area (Å²) in [7, 11) is 0. The molecule has 0 saturated carbocycles. The van der Waals surface area contributed by atoms with Crippen LogP contribution < -0.4 is 11.1 Å². The number of unbranched alkanes of at least 4 members (excludes halogenated alkanes) is 1. The molecule has 0 spiro atoms. The maximum atomic E-state index is 11.9. The number of nitrogens with zero attached hydrogens (tertiary/aromatic N) is 1. The number of rotatable bonds is 6. The zero-order valence-corrected chi connectivity index (χ0v) is 11.9. The number of amides is 3. The van der Waals surface area contributed by atoms with E-state index in [1.54, 1.807) is 11.8 Å². The number of hydrogen-bond acceptors (Lipinski definition) is 3. The Morgan fingerprint density at radius 2 is 2.05 bits per heavy atom. The maximum Gasteiger partial charge on any atom is 0.317 e. The lowest BCUT2D eigenvalue weighted by Crippen LogP contribution is -2.51. The Balaban J connectivity index is 2.32. The molecule has 7 heteroatoms. The number of primary amides is 1. The van der Waals surface area contributed by atoms with E-state index in [1.165, 1.54) is 0 Å². The summed E-state index contributed by atoms with van der Waals surface area (Å²) < 4.78 is 0. The lowest BCUT2D eigenvalue weighted by atomic mass is 9.82. The number of nitrogens with one attached hydrogen (secondary N) is 1. The van der Waals surface area contributed by atoms with Crippen molar-refractivity contribution in [2.24, 2.45) is 11.1 Å². The smallest absolute Gasteiger partial charge is 0.317 e. The molecule has 7 nitrogen and oxygen atoms in total. The van der Waals surface area contributed by atoms with Gasteiger partial charge in [-0.2, -0.15) is 0 Å².